The Morgan fingerprint density at radius 1 is 0.976 bits per heavy atom. The summed E-state index contributed by atoms with van der Waals surface area (Å²) >= 11 is 0. The van der Waals surface area contributed by atoms with Gasteiger partial charge in [-0.25, -0.2) is 0 Å². The van der Waals surface area contributed by atoms with Crippen molar-refractivity contribution in [3.05, 3.63) is 90.1 Å². The molecule has 8 bridgehead atoms. The fourth-order valence-electron chi connectivity index (χ4n) is 6.80. The number of carboxylic acid groups (broad SMARTS) is 1. The molecular formula is C34H34MgN4O3-2. The van der Waals surface area contributed by atoms with E-state index in [4.69, 9.17) is 20.3 Å². The molecule has 8 heteroatoms. The van der Waals surface area contributed by atoms with Crippen molar-refractivity contribution in [2.24, 2.45) is 17.8 Å². The van der Waals surface area contributed by atoms with Gasteiger partial charge < -0.3 is 25.4 Å². The molecule has 0 amide bonds. The normalized spacial score (nSPS) is 25.0. The quantitative estimate of drug-likeness (QED) is 0.456. The van der Waals surface area contributed by atoms with Gasteiger partial charge in [0.1, 0.15) is 0 Å². The molecule has 3 aliphatic rings. The molecule has 6 rings (SSSR count). The molecule has 1 N–H and O–H groups in total. The molecule has 0 unspecified atom stereocenters. The largest absolute Gasteiger partial charge is 2.00 e. The SMILES string of the molecule is C=Cc1c2[n-]c(c1C)/C=C1\[N-]/C(=C3\c4[n-]c(c(C)c4C(=O)[C@@H]3C)/C=c3\[n-]/c(c(C)c3CC)=C\2)[C@@H](CCC(=O)O)[C@@H]1C.[Mg+2]. The van der Waals surface area contributed by atoms with Gasteiger partial charge in [-0.15, -0.1) is 33.5 Å². The van der Waals surface area contributed by atoms with Crippen molar-refractivity contribution in [3.8, 4) is 0 Å². The third-order valence-corrected chi connectivity index (χ3v) is 9.25. The second kappa shape index (κ2) is 11.0. The van der Waals surface area contributed by atoms with Gasteiger partial charge in [0.2, 0.25) is 0 Å². The van der Waals surface area contributed by atoms with Gasteiger partial charge in [0, 0.05) is 17.9 Å². The molecule has 7 nitrogen and oxygen atoms in total. The minimum Gasteiger partial charge on any atom is -0.664 e. The van der Waals surface area contributed by atoms with E-state index >= 15 is 0 Å². The van der Waals surface area contributed by atoms with E-state index in [-0.39, 0.29) is 47.1 Å². The first kappa shape index (κ1) is 30.0. The van der Waals surface area contributed by atoms with Gasteiger partial charge in [-0.05, 0) is 51.0 Å². The van der Waals surface area contributed by atoms with Crippen LogP contribution in [0.4, 0.5) is 0 Å². The van der Waals surface area contributed by atoms with Crippen LogP contribution < -0.4 is 25.7 Å². The van der Waals surface area contributed by atoms with Crippen LogP contribution in [0.25, 0.3) is 35.2 Å². The smallest absolute Gasteiger partial charge is 0.664 e. The average molecular weight is 571 g/mol. The van der Waals surface area contributed by atoms with E-state index in [9.17, 15) is 14.7 Å². The number of Topliss-reactive ketones (excluding diaryl/α,β-unsaturated/α-hetero) is 1. The predicted octanol–water partition coefficient (Wildman–Crippen LogP) is 4.37. The van der Waals surface area contributed by atoms with E-state index in [0.29, 0.717) is 17.7 Å². The van der Waals surface area contributed by atoms with E-state index in [0.717, 1.165) is 79.0 Å². The van der Waals surface area contributed by atoms with Crippen molar-refractivity contribution >= 4 is 64.7 Å². The van der Waals surface area contributed by atoms with Crippen LogP contribution in [0.15, 0.2) is 18.0 Å². The topological polar surface area (TPSA) is 111 Å². The Hall–Kier alpha value is -3.49. The minimum absolute atomic E-state index is 0. The molecule has 0 radical (unpaired) electrons. The Morgan fingerprint density at radius 3 is 2.33 bits per heavy atom. The summed E-state index contributed by atoms with van der Waals surface area (Å²) in [7, 11) is 0. The Bertz CT molecular complexity index is 1840. The fraction of sp³-hybridized carbons (Fsp3) is 0.353. The van der Waals surface area contributed by atoms with Gasteiger partial charge in [-0.3, -0.25) is 9.59 Å². The summed E-state index contributed by atoms with van der Waals surface area (Å²) in [5.74, 6) is -1.41. The van der Waals surface area contributed by atoms with Crippen LogP contribution in [-0.4, -0.2) is 39.9 Å². The van der Waals surface area contributed by atoms with Crippen molar-refractivity contribution in [1.29, 1.82) is 0 Å². The number of rotatable bonds is 5. The zero-order chi connectivity index (χ0) is 29.3. The number of aromatic nitrogens is 3. The Kier molecular flexibility index (Phi) is 7.83. The summed E-state index contributed by atoms with van der Waals surface area (Å²) in [4.78, 5) is 40.4. The van der Waals surface area contributed by atoms with Gasteiger partial charge in [0.15, 0.2) is 5.78 Å². The molecule has 0 spiro atoms. The maximum atomic E-state index is 13.7. The molecule has 1 saturated heterocycles. The third-order valence-electron chi connectivity index (χ3n) is 9.25. The third kappa shape index (κ3) is 4.47. The molecular weight excluding hydrogens is 537 g/mol. The van der Waals surface area contributed by atoms with E-state index in [1.807, 2.05) is 45.1 Å². The van der Waals surface area contributed by atoms with Gasteiger partial charge in [-0.1, -0.05) is 79.5 Å². The zero-order valence-corrected chi connectivity index (χ0v) is 26.5. The average Bonchev–Trinajstić information content (AvgIpc) is 3.65. The van der Waals surface area contributed by atoms with Crippen molar-refractivity contribution in [2.75, 3.05) is 0 Å². The number of nitrogens with zero attached hydrogens (tertiary/aromatic N) is 4. The molecule has 0 aromatic carbocycles. The molecule has 3 atom stereocenters. The van der Waals surface area contributed by atoms with Crippen LogP contribution in [0.3, 0.4) is 0 Å². The van der Waals surface area contributed by atoms with Gasteiger partial charge in [0.05, 0.1) is 0 Å². The number of carbonyl (C=O) groups is 2. The monoisotopic (exact) mass is 570 g/mol. The Labute approximate surface area is 262 Å². The summed E-state index contributed by atoms with van der Waals surface area (Å²) in [6.45, 7) is 16.2. The zero-order valence-electron chi connectivity index (χ0n) is 25.1. The summed E-state index contributed by atoms with van der Waals surface area (Å²) in [6.07, 6.45) is 9.12. The van der Waals surface area contributed by atoms with Gasteiger partial charge in [0.25, 0.3) is 0 Å². The minimum atomic E-state index is -0.847. The van der Waals surface area contributed by atoms with Gasteiger partial charge >= 0.3 is 29.0 Å². The number of hydrogen-bond acceptors (Lipinski definition) is 2. The number of aliphatic carboxylic acids is 1. The van der Waals surface area contributed by atoms with Crippen LogP contribution in [-0.2, 0) is 11.2 Å². The molecule has 42 heavy (non-hydrogen) atoms. The van der Waals surface area contributed by atoms with Crippen LogP contribution in [0.2, 0.25) is 0 Å². The number of ketones is 1. The van der Waals surface area contributed by atoms with E-state index < -0.39 is 11.9 Å². The van der Waals surface area contributed by atoms with Crippen molar-refractivity contribution < 1.29 is 14.7 Å². The first-order valence-corrected chi connectivity index (χ1v) is 14.3. The molecule has 5 heterocycles. The molecule has 0 saturated carbocycles. The van der Waals surface area contributed by atoms with Crippen LogP contribution in [0.5, 0.6) is 0 Å². The Morgan fingerprint density at radius 2 is 1.67 bits per heavy atom. The standard InChI is InChI=1S/C34H36N4O3.Mg/c1-8-20-15(3)23-12-25-17(5)22(10-11-29(39)40)32(37-25)30-19(7)34(41)31-18(6)26(38-33(30)31)14-28-21(9-2)16(4)24(36-28)13-27(20)35-23;/h8,12-14,17,19,22H,1,9-11H2,2-7H3,(H3,37,38,39,40,41);/q-2;+2/p-2/b24-13-,25-12-,28-14-;/t17-,19+,22-;/m0./s1. The molecule has 212 valence electrons. The van der Waals surface area contributed by atoms with E-state index in [2.05, 4.69) is 27.4 Å². The number of carbonyl (C=O) groups excluding carboxylic acids is 1. The van der Waals surface area contributed by atoms with Crippen molar-refractivity contribution in [2.45, 2.75) is 60.8 Å². The fourth-order valence-corrected chi connectivity index (χ4v) is 6.80. The maximum Gasteiger partial charge on any atom is 2.00 e. The second-order valence-corrected chi connectivity index (χ2v) is 11.5. The molecule has 3 aromatic heterocycles. The van der Waals surface area contributed by atoms with E-state index in [1.165, 1.54) is 0 Å². The van der Waals surface area contributed by atoms with Crippen molar-refractivity contribution in [1.82, 2.24) is 15.0 Å². The van der Waals surface area contributed by atoms with Crippen LogP contribution in [0, 0.1) is 38.5 Å². The van der Waals surface area contributed by atoms with Crippen LogP contribution >= 0.6 is 0 Å². The number of fused-ring (bicyclic) bond motifs is 7. The summed E-state index contributed by atoms with van der Waals surface area (Å²) in [6, 6.07) is 0. The first-order valence-electron chi connectivity index (χ1n) is 14.3. The summed E-state index contributed by atoms with van der Waals surface area (Å²) in [5.41, 5.74) is 11.2. The van der Waals surface area contributed by atoms with Crippen molar-refractivity contribution in [3.63, 3.8) is 0 Å². The van der Waals surface area contributed by atoms with Gasteiger partial charge in [-0.2, -0.15) is 11.4 Å². The first-order chi connectivity index (χ1) is 19.5. The second-order valence-electron chi connectivity index (χ2n) is 11.5. The molecule has 3 aromatic rings. The molecule has 2 aliphatic heterocycles. The molecule has 1 aliphatic carbocycles. The van der Waals surface area contributed by atoms with E-state index in [1.54, 1.807) is 0 Å². The number of hydrogen-bond donors (Lipinski definition) is 1. The predicted molar refractivity (Wildman–Crippen MR) is 166 cm³/mol. The maximum absolute atomic E-state index is 13.7. The summed E-state index contributed by atoms with van der Waals surface area (Å²) < 4.78 is 0. The van der Waals surface area contributed by atoms with Crippen LogP contribution in [0.1, 0.15) is 94.6 Å². The summed E-state index contributed by atoms with van der Waals surface area (Å²) in [5, 5.41) is 16.4. The number of carboxylic acids is 1. The Balaban J connectivity index is 0.00000353. The molecule has 1 fully saturated rings. The number of allylic oxidation sites excluding steroid dienone is 3.